The van der Waals surface area contributed by atoms with E-state index in [2.05, 4.69) is 33.0 Å². The van der Waals surface area contributed by atoms with E-state index in [9.17, 15) is 9.59 Å². The van der Waals surface area contributed by atoms with Gasteiger partial charge < -0.3 is 10.2 Å². The van der Waals surface area contributed by atoms with Crippen molar-refractivity contribution in [3.8, 4) is 0 Å². The van der Waals surface area contributed by atoms with Gasteiger partial charge in [-0.25, -0.2) is 0 Å². The van der Waals surface area contributed by atoms with Gasteiger partial charge in [0.15, 0.2) is 0 Å². The molecule has 2 unspecified atom stereocenters. The number of amides is 2. The maximum atomic E-state index is 12.5. The second-order valence-electron chi connectivity index (χ2n) is 8.61. The minimum absolute atomic E-state index is 0.0601. The molecule has 0 radical (unpaired) electrons. The van der Waals surface area contributed by atoms with Gasteiger partial charge in [-0.1, -0.05) is 34.6 Å². The van der Waals surface area contributed by atoms with Crippen LogP contribution >= 0.6 is 0 Å². The third-order valence-corrected chi connectivity index (χ3v) is 6.41. The van der Waals surface area contributed by atoms with Gasteiger partial charge in [-0.05, 0) is 49.9 Å². The Morgan fingerprint density at radius 2 is 1.71 bits per heavy atom. The number of hydrogen-bond donors (Lipinski definition) is 1. The van der Waals surface area contributed by atoms with Crippen LogP contribution in [0.5, 0.6) is 0 Å². The average molecular weight is 337 g/mol. The Bertz CT molecular complexity index is 445. The molecular weight excluding hydrogens is 300 g/mol. The lowest BCUT2D eigenvalue weighted by Crippen LogP contribution is -2.43. The lowest BCUT2D eigenvalue weighted by Gasteiger charge is -2.30. The SMILES string of the molecule is CC(CC1CCN(C(=O)[C@H](C)C(C)C)C1)[C@H](C)C(=O)NC1CCC1. The van der Waals surface area contributed by atoms with Gasteiger partial charge in [-0.15, -0.1) is 0 Å². The zero-order valence-corrected chi connectivity index (χ0v) is 16.2. The van der Waals surface area contributed by atoms with E-state index >= 15 is 0 Å². The molecule has 0 aromatic heterocycles. The minimum Gasteiger partial charge on any atom is -0.353 e. The standard InChI is InChI=1S/C20H36N2O2/c1-13(2)15(4)20(24)22-10-9-17(12-22)11-14(3)16(5)19(23)21-18-7-6-8-18/h13-18H,6-12H2,1-5H3,(H,21,23)/t14?,15-,16+,17?/m1/s1. The summed E-state index contributed by atoms with van der Waals surface area (Å²) in [5.41, 5.74) is 0. The molecule has 2 rings (SSSR count). The van der Waals surface area contributed by atoms with Crippen LogP contribution in [0.15, 0.2) is 0 Å². The summed E-state index contributed by atoms with van der Waals surface area (Å²) in [4.78, 5) is 26.8. The third-order valence-electron chi connectivity index (χ3n) is 6.41. The Kier molecular flexibility index (Phi) is 6.70. The predicted octanol–water partition coefficient (Wildman–Crippen LogP) is 3.46. The smallest absolute Gasteiger partial charge is 0.225 e. The highest BCUT2D eigenvalue weighted by molar-refractivity contribution is 5.79. The quantitative estimate of drug-likeness (QED) is 0.774. The first-order valence-electron chi connectivity index (χ1n) is 9.88. The number of carbonyl (C=O) groups is 2. The van der Waals surface area contributed by atoms with E-state index in [-0.39, 0.29) is 17.7 Å². The van der Waals surface area contributed by atoms with Crippen LogP contribution in [-0.4, -0.2) is 35.8 Å². The summed E-state index contributed by atoms with van der Waals surface area (Å²) >= 11 is 0. The molecule has 0 bridgehead atoms. The molecule has 1 saturated heterocycles. The first-order chi connectivity index (χ1) is 11.3. The molecule has 1 aliphatic heterocycles. The number of hydrogen-bond acceptors (Lipinski definition) is 2. The fourth-order valence-corrected chi connectivity index (χ4v) is 3.67. The largest absolute Gasteiger partial charge is 0.353 e. The van der Waals surface area contributed by atoms with E-state index in [0.717, 1.165) is 38.8 Å². The summed E-state index contributed by atoms with van der Waals surface area (Å²) in [7, 11) is 0. The van der Waals surface area contributed by atoms with Gasteiger partial charge in [0.2, 0.25) is 11.8 Å². The van der Waals surface area contributed by atoms with Crippen LogP contribution in [0.1, 0.15) is 66.7 Å². The summed E-state index contributed by atoms with van der Waals surface area (Å²) < 4.78 is 0. The van der Waals surface area contributed by atoms with Crippen molar-refractivity contribution >= 4 is 11.8 Å². The van der Waals surface area contributed by atoms with E-state index in [1.165, 1.54) is 6.42 Å². The number of nitrogens with zero attached hydrogens (tertiary/aromatic N) is 1. The predicted molar refractivity (Wildman–Crippen MR) is 97.4 cm³/mol. The summed E-state index contributed by atoms with van der Waals surface area (Å²) in [6.07, 6.45) is 5.65. The molecule has 1 N–H and O–H groups in total. The van der Waals surface area contributed by atoms with E-state index in [1.54, 1.807) is 0 Å². The zero-order valence-electron chi connectivity index (χ0n) is 16.2. The van der Waals surface area contributed by atoms with Crippen molar-refractivity contribution < 1.29 is 9.59 Å². The molecule has 4 nitrogen and oxygen atoms in total. The van der Waals surface area contributed by atoms with Gasteiger partial charge in [0, 0.05) is 31.0 Å². The number of carbonyl (C=O) groups excluding carboxylic acids is 2. The first-order valence-corrected chi connectivity index (χ1v) is 9.88. The summed E-state index contributed by atoms with van der Waals surface area (Å²) in [5, 5.41) is 3.17. The summed E-state index contributed by atoms with van der Waals surface area (Å²) in [6.45, 7) is 12.3. The fourth-order valence-electron chi connectivity index (χ4n) is 3.67. The zero-order chi connectivity index (χ0) is 17.9. The van der Waals surface area contributed by atoms with Crippen LogP contribution < -0.4 is 5.32 Å². The minimum atomic E-state index is 0.0601. The third kappa shape index (κ3) is 4.73. The van der Waals surface area contributed by atoms with Gasteiger partial charge in [0.25, 0.3) is 0 Å². The van der Waals surface area contributed by atoms with Crippen LogP contribution in [0.25, 0.3) is 0 Å². The van der Waals surface area contributed by atoms with Gasteiger partial charge in [0.1, 0.15) is 0 Å². The van der Waals surface area contributed by atoms with Gasteiger partial charge >= 0.3 is 0 Å². The van der Waals surface area contributed by atoms with Gasteiger partial charge in [0.05, 0.1) is 0 Å². The first kappa shape index (κ1) is 19.3. The lowest BCUT2D eigenvalue weighted by atomic mass is 9.85. The van der Waals surface area contributed by atoms with E-state index < -0.39 is 0 Å². The summed E-state index contributed by atoms with van der Waals surface area (Å²) in [5.74, 6) is 1.99. The molecule has 4 atom stereocenters. The lowest BCUT2D eigenvalue weighted by molar-refractivity contribution is -0.135. The Hall–Kier alpha value is -1.06. The molecule has 0 aromatic carbocycles. The van der Waals surface area contributed by atoms with Gasteiger partial charge in [-0.2, -0.15) is 0 Å². The second-order valence-corrected chi connectivity index (χ2v) is 8.61. The maximum Gasteiger partial charge on any atom is 0.225 e. The second kappa shape index (κ2) is 8.35. The van der Waals surface area contributed by atoms with Crippen LogP contribution in [0, 0.1) is 29.6 Å². The topological polar surface area (TPSA) is 49.4 Å². The highest BCUT2D eigenvalue weighted by Crippen LogP contribution is 2.29. The molecular formula is C20H36N2O2. The summed E-state index contributed by atoms with van der Waals surface area (Å²) in [6, 6.07) is 0.421. The molecule has 2 fully saturated rings. The average Bonchev–Trinajstić information content (AvgIpc) is 2.96. The molecule has 0 aromatic rings. The van der Waals surface area contributed by atoms with Crippen molar-refractivity contribution in [2.24, 2.45) is 29.6 Å². The van der Waals surface area contributed by atoms with Crippen molar-refractivity contribution in [1.82, 2.24) is 10.2 Å². The Morgan fingerprint density at radius 1 is 1.04 bits per heavy atom. The van der Waals surface area contributed by atoms with Crippen LogP contribution in [0.3, 0.4) is 0 Å². The molecule has 2 aliphatic rings. The van der Waals surface area contributed by atoms with Crippen molar-refractivity contribution in [1.29, 1.82) is 0 Å². The van der Waals surface area contributed by atoms with Crippen molar-refractivity contribution in [3.05, 3.63) is 0 Å². The molecule has 4 heteroatoms. The van der Waals surface area contributed by atoms with E-state index in [0.29, 0.717) is 29.7 Å². The molecule has 0 spiro atoms. The number of nitrogens with one attached hydrogen (secondary N) is 1. The van der Waals surface area contributed by atoms with Crippen molar-refractivity contribution in [3.63, 3.8) is 0 Å². The molecule has 24 heavy (non-hydrogen) atoms. The molecule has 1 saturated carbocycles. The van der Waals surface area contributed by atoms with Crippen LogP contribution in [0.2, 0.25) is 0 Å². The van der Waals surface area contributed by atoms with E-state index in [1.807, 2.05) is 11.8 Å². The van der Waals surface area contributed by atoms with Crippen LogP contribution in [0.4, 0.5) is 0 Å². The Labute approximate surface area is 147 Å². The molecule has 2 amide bonds. The van der Waals surface area contributed by atoms with E-state index in [4.69, 9.17) is 0 Å². The monoisotopic (exact) mass is 336 g/mol. The molecule has 138 valence electrons. The fraction of sp³-hybridized carbons (Fsp3) is 0.900. The normalized spacial score (nSPS) is 25.2. The van der Waals surface area contributed by atoms with Crippen molar-refractivity contribution in [2.45, 2.75) is 72.8 Å². The maximum absolute atomic E-state index is 12.5. The molecule has 1 aliphatic carbocycles. The number of rotatable bonds is 7. The number of likely N-dealkylation sites (tertiary alicyclic amines) is 1. The highest BCUT2D eigenvalue weighted by Gasteiger charge is 2.33. The Balaban J connectivity index is 1.77. The van der Waals surface area contributed by atoms with Gasteiger partial charge in [-0.3, -0.25) is 9.59 Å². The highest BCUT2D eigenvalue weighted by atomic mass is 16.2. The van der Waals surface area contributed by atoms with Crippen LogP contribution in [-0.2, 0) is 9.59 Å². The molecule has 1 heterocycles. The van der Waals surface area contributed by atoms with Crippen molar-refractivity contribution in [2.75, 3.05) is 13.1 Å². The Morgan fingerprint density at radius 3 is 2.25 bits per heavy atom.